The molecule has 0 aliphatic carbocycles. The van der Waals surface area contributed by atoms with Crippen LogP contribution >= 0.6 is 15.9 Å². The average Bonchev–Trinajstić information content (AvgIpc) is 2.48. The maximum Gasteiger partial charge on any atom is 0.120 e. The van der Waals surface area contributed by atoms with Gasteiger partial charge in [0.1, 0.15) is 11.5 Å². The number of phenolic OH excluding ortho intramolecular Hbond substituents is 1. The molecule has 0 heterocycles. The highest BCUT2D eigenvalue weighted by molar-refractivity contribution is 9.10. The van der Waals surface area contributed by atoms with E-state index in [2.05, 4.69) is 34.2 Å². The molecule has 2 unspecified atom stereocenters. The zero-order valence-corrected chi connectivity index (χ0v) is 14.0. The number of methoxy groups -OCH3 is 1. The van der Waals surface area contributed by atoms with E-state index >= 15 is 0 Å². The van der Waals surface area contributed by atoms with Gasteiger partial charge in [-0.2, -0.15) is 0 Å². The molecule has 0 aromatic heterocycles. The summed E-state index contributed by atoms with van der Waals surface area (Å²) >= 11 is 3.57. The van der Waals surface area contributed by atoms with Gasteiger partial charge in [0, 0.05) is 22.1 Å². The summed E-state index contributed by atoms with van der Waals surface area (Å²) < 4.78 is 6.30. The summed E-state index contributed by atoms with van der Waals surface area (Å²) in [7, 11) is 1.62. The Bertz CT molecular complexity index is 615. The lowest BCUT2D eigenvalue weighted by atomic mass is 10.0. The molecule has 0 spiro atoms. The van der Waals surface area contributed by atoms with Crippen LogP contribution in [0.25, 0.3) is 0 Å². The second kappa shape index (κ2) is 6.96. The topological polar surface area (TPSA) is 41.5 Å². The van der Waals surface area contributed by atoms with Crippen LogP contribution in [0.4, 0.5) is 0 Å². The molecule has 0 amide bonds. The van der Waals surface area contributed by atoms with Crippen LogP contribution < -0.4 is 10.1 Å². The standard InChI is InChI=1S/C17H20BrNO2/c1-11(14-6-4-5-7-16(14)18)19-12(2)15-10-13(21-3)8-9-17(15)20/h4-12,19-20H,1-3H3. The van der Waals surface area contributed by atoms with Crippen LogP contribution in [-0.2, 0) is 0 Å². The number of phenols is 1. The first-order valence-electron chi connectivity index (χ1n) is 6.90. The van der Waals surface area contributed by atoms with Gasteiger partial charge in [0.05, 0.1) is 7.11 Å². The molecule has 0 bridgehead atoms. The molecule has 3 nitrogen and oxygen atoms in total. The first-order valence-corrected chi connectivity index (χ1v) is 7.69. The smallest absolute Gasteiger partial charge is 0.120 e. The van der Waals surface area contributed by atoms with E-state index in [0.29, 0.717) is 0 Å². The number of hydrogen-bond acceptors (Lipinski definition) is 3. The van der Waals surface area contributed by atoms with E-state index in [1.54, 1.807) is 19.2 Å². The van der Waals surface area contributed by atoms with Crippen molar-refractivity contribution >= 4 is 15.9 Å². The fourth-order valence-corrected chi connectivity index (χ4v) is 3.02. The Balaban J connectivity index is 2.18. The Morgan fingerprint density at radius 3 is 2.38 bits per heavy atom. The highest BCUT2D eigenvalue weighted by Gasteiger charge is 2.16. The maximum atomic E-state index is 10.0. The van der Waals surface area contributed by atoms with Gasteiger partial charge in [0.15, 0.2) is 0 Å². The summed E-state index contributed by atoms with van der Waals surface area (Å²) in [6.45, 7) is 4.13. The van der Waals surface area contributed by atoms with Crippen molar-refractivity contribution in [3.05, 3.63) is 58.1 Å². The molecule has 112 valence electrons. The third-order valence-electron chi connectivity index (χ3n) is 3.57. The average molecular weight is 350 g/mol. The minimum atomic E-state index is 0.00204. The Morgan fingerprint density at radius 1 is 1.05 bits per heavy atom. The molecular formula is C17H20BrNO2. The SMILES string of the molecule is COc1ccc(O)c(C(C)NC(C)c2ccccc2Br)c1. The number of nitrogens with one attached hydrogen (secondary N) is 1. The summed E-state index contributed by atoms with van der Waals surface area (Å²) in [6.07, 6.45) is 0. The van der Waals surface area contributed by atoms with E-state index in [1.165, 1.54) is 5.56 Å². The van der Waals surface area contributed by atoms with E-state index in [4.69, 9.17) is 4.74 Å². The van der Waals surface area contributed by atoms with Crippen LogP contribution in [0.5, 0.6) is 11.5 Å². The van der Waals surface area contributed by atoms with Gasteiger partial charge in [-0.3, -0.25) is 0 Å². The first kappa shape index (κ1) is 15.9. The summed E-state index contributed by atoms with van der Waals surface area (Å²) in [5.74, 6) is 1.01. The summed E-state index contributed by atoms with van der Waals surface area (Å²) in [5, 5.41) is 13.5. The Kier molecular flexibility index (Phi) is 5.26. The second-order valence-corrected chi connectivity index (χ2v) is 5.91. The van der Waals surface area contributed by atoms with Crippen LogP contribution in [0.3, 0.4) is 0 Å². The molecule has 2 aromatic rings. The Labute approximate surface area is 134 Å². The molecule has 4 heteroatoms. The molecule has 2 rings (SSSR count). The Morgan fingerprint density at radius 2 is 1.71 bits per heavy atom. The summed E-state index contributed by atoms with van der Waals surface area (Å²) in [6, 6.07) is 13.6. The van der Waals surface area contributed by atoms with Gasteiger partial charge in [-0.05, 0) is 43.7 Å². The van der Waals surface area contributed by atoms with Crippen molar-refractivity contribution in [3.8, 4) is 11.5 Å². The van der Waals surface area contributed by atoms with Crippen LogP contribution in [0.2, 0.25) is 0 Å². The van der Waals surface area contributed by atoms with Gasteiger partial charge < -0.3 is 15.2 Å². The number of benzene rings is 2. The number of aromatic hydroxyl groups is 1. The zero-order chi connectivity index (χ0) is 15.4. The van der Waals surface area contributed by atoms with Crippen LogP contribution in [-0.4, -0.2) is 12.2 Å². The molecule has 21 heavy (non-hydrogen) atoms. The summed E-state index contributed by atoms with van der Waals surface area (Å²) in [5.41, 5.74) is 2.01. The minimum absolute atomic E-state index is 0.00204. The minimum Gasteiger partial charge on any atom is -0.508 e. The van der Waals surface area contributed by atoms with Crippen molar-refractivity contribution in [1.29, 1.82) is 0 Å². The molecule has 2 aromatic carbocycles. The van der Waals surface area contributed by atoms with Crippen molar-refractivity contribution in [2.75, 3.05) is 7.11 Å². The van der Waals surface area contributed by atoms with Gasteiger partial charge >= 0.3 is 0 Å². The lowest BCUT2D eigenvalue weighted by molar-refractivity contribution is 0.405. The monoisotopic (exact) mass is 349 g/mol. The lowest BCUT2D eigenvalue weighted by Gasteiger charge is -2.22. The van der Waals surface area contributed by atoms with Gasteiger partial charge in [0.25, 0.3) is 0 Å². The van der Waals surface area contributed by atoms with Crippen LogP contribution in [0.1, 0.15) is 37.1 Å². The number of halogens is 1. The molecule has 2 atom stereocenters. The molecule has 0 aliphatic heterocycles. The van der Waals surface area contributed by atoms with E-state index in [-0.39, 0.29) is 17.8 Å². The molecule has 0 radical (unpaired) electrons. The van der Waals surface area contributed by atoms with Crippen molar-refractivity contribution in [2.24, 2.45) is 0 Å². The molecule has 0 fully saturated rings. The van der Waals surface area contributed by atoms with E-state index in [0.717, 1.165) is 15.8 Å². The maximum absolute atomic E-state index is 10.0. The van der Waals surface area contributed by atoms with Crippen LogP contribution in [0.15, 0.2) is 46.9 Å². The number of hydrogen-bond donors (Lipinski definition) is 2. The van der Waals surface area contributed by atoms with E-state index < -0.39 is 0 Å². The summed E-state index contributed by atoms with van der Waals surface area (Å²) in [4.78, 5) is 0. The van der Waals surface area contributed by atoms with Crippen molar-refractivity contribution in [1.82, 2.24) is 5.32 Å². The fourth-order valence-electron chi connectivity index (χ4n) is 2.39. The normalized spacial score (nSPS) is 13.7. The third kappa shape index (κ3) is 3.77. The van der Waals surface area contributed by atoms with Gasteiger partial charge in [0.2, 0.25) is 0 Å². The number of ether oxygens (including phenoxy) is 1. The molecule has 0 saturated heterocycles. The van der Waals surface area contributed by atoms with Crippen LogP contribution in [0, 0.1) is 0 Å². The van der Waals surface area contributed by atoms with E-state index in [1.807, 2.05) is 31.2 Å². The number of rotatable bonds is 5. The third-order valence-corrected chi connectivity index (χ3v) is 4.30. The fraction of sp³-hybridized carbons (Fsp3) is 0.294. The largest absolute Gasteiger partial charge is 0.508 e. The highest BCUT2D eigenvalue weighted by Crippen LogP contribution is 2.31. The highest BCUT2D eigenvalue weighted by atomic mass is 79.9. The first-order chi connectivity index (χ1) is 10.0. The van der Waals surface area contributed by atoms with Gasteiger partial charge in [-0.25, -0.2) is 0 Å². The predicted octanol–water partition coefficient (Wildman–Crippen LogP) is 4.58. The van der Waals surface area contributed by atoms with E-state index in [9.17, 15) is 5.11 Å². The second-order valence-electron chi connectivity index (χ2n) is 5.06. The molecular weight excluding hydrogens is 330 g/mol. The molecule has 0 aliphatic rings. The molecule has 2 N–H and O–H groups in total. The van der Waals surface area contributed by atoms with Crippen molar-refractivity contribution in [3.63, 3.8) is 0 Å². The molecule has 0 saturated carbocycles. The van der Waals surface area contributed by atoms with Crippen molar-refractivity contribution in [2.45, 2.75) is 25.9 Å². The Hall–Kier alpha value is -1.52. The predicted molar refractivity (Wildman–Crippen MR) is 88.8 cm³/mol. The van der Waals surface area contributed by atoms with Crippen molar-refractivity contribution < 1.29 is 9.84 Å². The quantitative estimate of drug-likeness (QED) is 0.830. The zero-order valence-electron chi connectivity index (χ0n) is 12.4. The van der Waals surface area contributed by atoms with Gasteiger partial charge in [-0.1, -0.05) is 34.1 Å². The lowest BCUT2D eigenvalue weighted by Crippen LogP contribution is -2.22. The van der Waals surface area contributed by atoms with Gasteiger partial charge in [-0.15, -0.1) is 0 Å².